The van der Waals surface area contributed by atoms with Crippen LogP contribution in [0.5, 0.6) is 0 Å². The molecule has 0 aromatic rings. The van der Waals surface area contributed by atoms with E-state index in [1.54, 1.807) is 0 Å². The summed E-state index contributed by atoms with van der Waals surface area (Å²) in [7, 11) is 0. The van der Waals surface area contributed by atoms with Crippen LogP contribution in [0.25, 0.3) is 0 Å². The highest BCUT2D eigenvalue weighted by Crippen LogP contribution is 2.66. The van der Waals surface area contributed by atoms with E-state index in [1.165, 1.54) is 12.8 Å². The first-order valence-electron chi connectivity index (χ1n) is 7.04. The molecule has 0 N–H and O–H groups in total. The minimum atomic E-state index is -0.177. The van der Waals surface area contributed by atoms with Crippen molar-refractivity contribution in [3.05, 3.63) is 0 Å². The fourth-order valence-electron chi connectivity index (χ4n) is 3.79. The van der Waals surface area contributed by atoms with E-state index < -0.39 is 0 Å². The molecule has 2 rings (SSSR count). The molecule has 2 fully saturated rings. The monoisotopic (exact) mass is 316 g/mol. The average molecular weight is 317 g/mol. The number of carbonyl (C=O) groups excluding carboxylic acids is 1. The molecule has 104 valence electrons. The maximum Gasteiger partial charge on any atom is 0.320 e. The van der Waals surface area contributed by atoms with Gasteiger partial charge in [0.25, 0.3) is 0 Å². The summed E-state index contributed by atoms with van der Waals surface area (Å²) in [6.45, 7) is 11.1. The van der Waals surface area contributed by atoms with Gasteiger partial charge >= 0.3 is 5.97 Å². The topological polar surface area (TPSA) is 26.3 Å². The molecule has 18 heavy (non-hydrogen) atoms. The molecule has 0 heterocycles. The van der Waals surface area contributed by atoms with Gasteiger partial charge in [0.05, 0.1) is 0 Å². The Hall–Kier alpha value is -0.0500. The molecular formula is C15H25BrO2. The number of fused-ring (bicyclic) bond motifs is 2. The first-order valence-corrected chi connectivity index (χ1v) is 7.96. The average Bonchev–Trinajstić information content (AvgIpc) is 2.60. The molecule has 2 bridgehead atoms. The zero-order valence-corrected chi connectivity index (χ0v) is 13.7. The summed E-state index contributed by atoms with van der Waals surface area (Å²) in [4.78, 5) is 11.9. The van der Waals surface area contributed by atoms with Crippen LogP contribution in [-0.2, 0) is 9.53 Å². The van der Waals surface area contributed by atoms with Crippen LogP contribution in [0.4, 0.5) is 0 Å². The van der Waals surface area contributed by atoms with Crippen molar-refractivity contribution in [1.29, 1.82) is 0 Å². The SMILES string of the molecule is CC(C)C(Br)C(=O)O[C@H]1C[C@H]2CC[C@]1(C)C2(C)C. The first-order chi connectivity index (χ1) is 8.20. The fraction of sp³-hybridized carbons (Fsp3) is 0.933. The summed E-state index contributed by atoms with van der Waals surface area (Å²) in [5.41, 5.74) is 0.467. The number of alkyl halides is 1. The third-order valence-electron chi connectivity index (χ3n) is 5.78. The number of carbonyl (C=O) groups is 1. The van der Waals surface area contributed by atoms with E-state index in [0.717, 1.165) is 6.42 Å². The Balaban J connectivity index is 2.07. The lowest BCUT2D eigenvalue weighted by Gasteiger charge is -2.38. The summed E-state index contributed by atoms with van der Waals surface area (Å²) in [5, 5.41) is 0. The number of hydrogen-bond acceptors (Lipinski definition) is 2. The second-order valence-electron chi connectivity index (χ2n) is 7.18. The molecule has 0 aliphatic heterocycles. The van der Waals surface area contributed by atoms with Gasteiger partial charge in [0.1, 0.15) is 10.9 Å². The van der Waals surface area contributed by atoms with Crippen molar-refractivity contribution < 1.29 is 9.53 Å². The van der Waals surface area contributed by atoms with E-state index in [4.69, 9.17) is 4.74 Å². The van der Waals surface area contributed by atoms with Crippen molar-refractivity contribution in [3.63, 3.8) is 0 Å². The van der Waals surface area contributed by atoms with Crippen LogP contribution in [0.3, 0.4) is 0 Å². The highest BCUT2D eigenvalue weighted by molar-refractivity contribution is 9.10. The van der Waals surface area contributed by atoms with Crippen LogP contribution in [-0.4, -0.2) is 16.9 Å². The predicted octanol–water partition coefficient (Wildman–Crippen LogP) is 4.16. The van der Waals surface area contributed by atoms with Crippen molar-refractivity contribution in [2.45, 2.75) is 64.8 Å². The van der Waals surface area contributed by atoms with E-state index in [0.29, 0.717) is 11.3 Å². The summed E-state index contributed by atoms with van der Waals surface area (Å²) in [6, 6.07) is 0. The van der Waals surface area contributed by atoms with Gasteiger partial charge in [-0.3, -0.25) is 4.79 Å². The van der Waals surface area contributed by atoms with Gasteiger partial charge in [-0.15, -0.1) is 0 Å². The van der Waals surface area contributed by atoms with Gasteiger partial charge in [-0.05, 0) is 36.5 Å². The number of esters is 1. The van der Waals surface area contributed by atoms with E-state index in [9.17, 15) is 4.79 Å². The third-order valence-corrected chi connectivity index (χ3v) is 7.21. The summed E-state index contributed by atoms with van der Waals surface area (Å²) < 4.78 is 5.82. The third kappa shape index (κ3) is 1.93. The lowest BCUT2D eigenvalue weighted by molar-refractivity contribution is -0.156. The molecular weight excluding hydrogens is 292 g/mol. The second-order valence-corrected chi connectivity index (χ2v) is 8.17. The number of halogens is 1. The Morgan fingerprint density at radius 2 is 1.94 bits per heavy atom. The van der Waals surface area contributed by atoms with Crippen LogP contribution >= 0.6 is 15.9 Å². The number of ether oxygens (including phenoxy) is 1. The predicted molar refractivity (Wildman–Crippen MR) is 76.7 cm³/mol. The summed E-state index contributed by atoms with van der Waals surface area (Å²) in [5.74, 6) is 0.907. The standard InChI is InChI=1S/C15H25BrO2/c1-9(2)12(16)13(17)18-11-8-10-6-7-15(11,5)14(10,3)4/h9-12H,6-8H2,1-5H3/t10-,11+,12?,15+/m1/s1. The fourth-order valence-corrected chi connectivity index (χ4v) is 3.89. The van der Waals surface area contributed by atoms with Gasteiger partial charge in [0.15, 0.2) is 0 Å². The molecule has 0 spiro atoms. The van der Waals surface area contributed by atoms with E-state index in [2.05, 4.69) is 36.7 Å². The minimum absolute atomic E-state index is 0.0837. The smallest absolute Gasteiger partial charge is 0.320 e. The molecule has 0 aromatic carbocycles. The zero-order chi connectivity index (χ0) is 13.7. The van der Waals surface area contributed by atoms with Gasteiger partial charge in [0, 0.05) is 5.41 Å². The van der Waals surface area contributed by atoms with Crippen LogP contribution in [0.2, 0.25) is 0 Å². The lowest BCUT2D eigenvalue weighted by atomic mass is 9.70. The number of hydrogen-bond donors (Lipinski definition) is 0. The van der Waals surface area contributed by atoms with Gasteiger partial charge in [-0.2, -0.15) is 0 Å². The molecule has 3 heteroatoms. The van der Waals surface area contributed by atoms with E-state index in [1.807, 2.05) is 13.8 Å². The number of rotatable bonds is 3. The van der Waals surface area contributed by atoms with Crippen molar-refractivity contribution in [3.8, 4) is 0 Å². The Bertz CT molecular complexity index is 350. The summed E-state index contributed by atoms with van der Waals surface area (Å²) in [6.07, 6.45) is 3.64. The Morgan fingerprint density at radius 3 is 2.33 bits per heavy atom. The molecule has 0 saturated heterocycles. The van der Waals surface area contributed by atoms with Crippen LogP contribution in [0.15, 0.2) is 0 Å². The molecule has 1 unspecified atom stereocenters. The summed E-state index contributed by atoms with van der Waals surface area (Å²) >= 11 is 3.44. The van der Waals surface area contributed by atoms with Gasteiger partial charge < -0.3 is 4.74 Å². The molecule has 4 atom stereocenters. The van der Waals surface area contributed by atoms with Gasteiger partial charge in [-0.25, -0.2) is 0 Å². The van der Waals surface area contributed by atoms with E-state index in [-0.39, 0.29) is 28.2 Å². The van der Waals surface area contributed by atoms with Crippen LogP contribution < -0.4 is 0 Å². The van der Waals surface area contributed by atoms with E-state index >= 15 is 0 Å². The van der Waals surface area contributed by atoms with Crippen molar-refractivity contribution >= 4 is 21.9 Å². The maximum absolute atomic E-state index is 12.1. The quantitative estimate of drug-likeness (QED) is 0.577. The largest absolute Gasteiger partial charge is 0.461 e. The highest BCUT2D eigenvalue weighted by Gasteiger charge is 2.62. The Labute approximate surface area is 119 Å². The maximum atomic E-state index is 12.1. The molecule has 2 nitrogen and oxygen atoms in total. The zero-order valence-electron chi connectivity index (χ0n) is 12.1. The molecule has 0 aromatic heterocycles. The molecule has 2 aliphatic rings. The van der Waals surface area contributed by atoms with Crippen LogP contribution in [0, 0.1) is 22.7 Å². The highest BCUT2D eigenvalue weighted by atomic mass is 79.9. The molecule has 0 radical (unpaired) electrons. The van der Waals surface area contributed by atoms with Crippen molar-refractivity contribution in [1.82, 2.24) is 0 Å². The van der Waals surface area contributed by atoms with Crippen LogP contribution in [0.1, 0.15) is 53.9 Å². The first kappa shape index (κ1) is 14.4. The second kappa shape index (κ2) is 4.50. The molecule has 2 saturated carbocycles. The Kier molecular flexibility index (Phi) is 3.59. The van der Waals surface area contributed by atoms with Gasteiger partial charge in [0.2, 0.25) is 0 Å². The Morgan fingerprint density at radius 1 is 1.33 bits per heavy atom. The van der Waals surface area contributed by atoms with Crippen molar-refractivity contribution in [2.24, 2.45) is 22.7 Å². The van der Waals surface area contributed by atoms with Gasteiger partial charge in [-0.1, -0.05) is 50.5 Å². The van der Waals surface area contributed by atoms with Crippen molar-refractivity contribution in [2.75, 3.05) is 0 Å². The molecule has 0 amide bonds. The normalized spacial score (nSPS) is 39.1. The molecule has 2 aliphatic carbocycles. The minimum Gasteiger partial charge on any atom is -0.461 e. The lowest BCUT2D eigenvalue weighted by Crippen LogP contribution is -2.40.